The zero-order valence-electron chi connectivity index (χ0n) is 10.3. The number of amides is 1. The lowest BCUT2D eigenvalue weighted by Gasteiger charge is -2.07. The van der Waals surface area contributed by atoms with E-state index in [1.807, 2.05) is 6.07 Å². The van der Waals surface area contributed by atoms with Gasteiger partial charge in [0.15, 0.2) is 5.69 Å². The summed E-state index contributed by atoms with van der Waals surface area (Å²) in [6.45, 7) is 1.95. The molecule has 1 aromatic heterocycles. The first-order valence-electron chi connectivity index (χ1n) is 5.78. The molecule has 6 nitrogen and oxygen atoms in total. The topological polar surface area (TPSA) is 98.6 Å². The normalized spacial score (nSPS) is 11.8. The first kappa shape index (κ1) is 12.8. The Balaban J connectivity index is 2.36. The smallest absolute Gasteiger partial charge is 0.272 e. The van der Waals surface area contributed by atoms with Crippen LogP contribution in [0.15, 0.2) is 29.1 Å². The number of hydrogen-bond donors (Lipinski definition) is 2. The molecule has 2 rings (SSSR count). The highest BCUT2D eigenvalue weighted by molar-refractivity contribution is 6.04. The minimum atomic E-state index is -0.408. The number of aromatic amines is 1. The van der Waals surface area contributed by atoms with Gasteiger partial charge in [-0.2, -0.15) is 10.4 Å². The molecule has 1 unspecified atom stereocenters. The molecule has 1 heterocycles. The zero-order valence-corrected chi connectivity index (χ0v) is 10.3. The van der Waals surface area contributed by atoms with Crippen molar-refractivity contribution < 1.29 is 4.79 Å². The van der Waals surface area contributed by atoms with Gasteiger partial charge >= 0.3 is 0 Å². The third-order valence-electron chi connectivity index (χ3n) is 2.70. The van der Waals surface area contributed by atoms with Crippen molar-refractivity contribution >= 4 is 16.7 Å². The standard InChI is InChI=1S/C13H12N4O2/c1-8(6-14)7-15-13(19)11-9-4-2-3-5-10(9)12(18)17-16-11/h2-5,8H,7H2,1H3,(H,15,19)(H,17,18). The summed E-state index contributed by atoms with van der Waals surface area (Å²) in [5.74, 6) is -0.687. The third kappa shape index (κ3) is 2.60. The Morgan fingerprint density at radius 2 is 2.16 bits per heavy atom. The molecule has 0 radical (unpaired) electrons. The van der Waals surface area contributed by atoms with Gasteiger partial charge in [-0.05, 0) is 13.0 Å². The van der Waals surface area contributed by atoms with Gasteiger partial charge in [-0.1, -0.05) is 18.2 Å². The van der Waals surface area contributed by atoms with E-state index in [2.05, 4.69) is 15.5 Å². The Bertz CT molecular complexity index is 714. The van der Waals surface area contributed by atoms with E-state index < -0.39 is 5.91 Å². The summed E-state index contributed by atoms with van der Waals surface area (Å²) in [5.41, 5.74) is -0.183. The molecule has 0 aliphatic carbocycles. The second-order valence-electron chi connectivity index (χ2n) is 4.19. The van der Waals surface area contributed by atoms with Crippen molar-refractivity contribution in [2.45, 2.75) is 6.92 Å². The Morgan fingerprint density at radius 1 is 1.47 bits per heavy atom. The highest BCUT2D eigenvalue weighted by Crippen LogP contribution is 2.12. The number of nitrogens with zero attached hydrogens (tertiary/aromatic N) is 2. The number of carbonyl (C=O) groups is 1. The van der Waals surface area contributed by atoms with E-state index in [1.54, 1.807) is 31.2 Å². The number of rotatable bonds is 3. The summed E-state index contributed by atoms with van der Waals surface area (Å²) >= 11 is 0. The van der Waals surface area contributed by atoms with E-state index in [9.17, 15) is 9.59 Å². The van der Waals surface area contributed by atoms with E-state index in [-0.39, 0.29) is 23.7 Å². The number of nitrogens with one attached hydrogen (secondary N) is 2. The molecule has 0 aliphatic rings. The molecular formula is C13H12N4O2. The van der Waals surface area contributed by atoms with Gasteiger partial charge in [-0.25, -0.2) is 5.10 Å². The van der Waals surface area contributed by atoms with Gasteiger partial charge in [-0.15, -0.1) is 0 Å². The van der Waals surface area contributed by atoms with Crippen LogP contribution < -0.4 is 10.9 Å². The van der Waals surface area contributed by atoms with E-state index >= 15 is 0 Å². The lowest BCUT2D eigenvalue weighted by atomic mass is 10.1. The van der Waals surface area contributed by atoms with Crippen LogP contribution in [-0.4, -0.2) is 22.6 Å². The van der Waals surface area contributed by atoms with Crippen LogP contribution >= 0.6 is 0 Å². The number of carbonyl (C=O) groups excluding carboxylic acids is 1. The minimum absolute atomic E-state index is 0.153. The van der Waals surface area contributed by atoms with Crippen LogP contribution in [0.5, 0.6) is 0 Å². The summed E-state index contributed by atoms with van der Waals surface area (Å²) in [6, 6.07) is 8.77. The highest BCUT2D eigenvalue weighted by Gasteiger charge is 2.14. The second kappa shape index (κ2) is 5.31. The molecule has 6 heteroatoms. The molecule has 0 spiro atoms. The Hall–Kier alpha value is -2.68. The first-order chi connectivity index (χ1) is 9.13. The SMILES string of the molecule is CC(C#N)CNC(=O)c1n[nH]c(=O)c2ccccc12. The van der Waals surface area contributed by atoms with Crippen molar-refractivity contribution in [1.29, 1.82) is 5.26 Å². The molecule has 96 valence electrons. The molecule has 19 heavy (non-hydrogen) atoms. The highest BCUT2D eigenvalue weighted by atomic mass is 16.2. The number of hydrogen-bond acceptors (Lipinski definition) is 4. The second-order valence-corrected chi connectivity index (χ2v) is 4.19. The largest absolute Gasteiger partial charge is 0.349 e. The molecule has 0 saturated heterocycles. The maximum absolute atomic E-state index is 12.0. The Kier molecular flexibility index (Phi) is 3.57. The number of benzene rings is 1. The summed E-state index contributed by atoms with van der Waals surface area (Å²) in [7, 11) is 0. The van der Waals surface area contributed by atoms with Gasteiger partial charge < -0.3 is 5.32 Å². The van der Waals surface area contributed by atoms with Crippen LogP contribution in [0.25, 0.3) is 10.8 Å². The molecule has 1 amide bonds. The number of nitriles is 1. The fraction of sp³-hybridized carbons (Fsp3) is 0.231. The van der Waals surface area contributed by atoms with Gasteiger partial charge in [0.05, 0.1) is 17.4 Å². The molecule has 1 atom stereocenters. The molecule has 2 N–H and O–H groups in total. The van der Waals surface area contributed by atoms with Crippen molar-refractivity contribution in [3.8, 4) is 6.07 Å². The van der Waals surface area contributed by atoms with Crippen molar-refractivity contribution in [2.24, 2.45) is 5.92 Å². The first-order valence-corrected chi connectivity index (χ1v) is 5.78. The van der Waals surface area contributed by atoms with Crippen LogP contribution in [0.3, 0.4) is 0 Å². The summed E-state index contributed by atoms with van der Waals surface area (Å²) in [5, 5.41) is 18.3. The minimum Gasteiger partial charge on any atom is -0.349 e. The van der Waals surface area contributed by atoms with Gasteiger partial charge in [-0.3, -0.25) is 9.59 Å². The van der Waals surface area contributed by atoms with Crippen molar-refractivity contribution in [1.82, 2.24) is 15.5 Å². The molecule has 0 aliphatic heterocycles. The van der Waals surface area contributed by atoms with E-state index in [4.69, 9.17) is 5.26 Å². The average Bonchev–Trinajstić information content (AvgIpc) is 2.45. The molecule has 0 fully saturated rings. The number of fused-ring (bicyclic) bond motifs is 1. The predicted molar refractivity (Wildman–Crippen MR) is 69.5 cm³/mol. The zero-order chi connectivity index (χ0) is 13.8. The van der Waals surface area contributed by atoms with Crippen molar-refractivity contribution in [2.75, 3.05) is 6.54 Å². The summed E-state index contributed by atoms with van der Waals surface area (Å²) < 4.78 is 0. The quantitative estimate of drug-likeness (QED) is 0.849. The fourth-order valence-corrected chi connectivity index (χ4v) is 1.66. The molecule has 0 saturated carbocycles. The van der Waals surface area contributed by atoms with Crippen LogP contribution in [0.1, 0.15) is 17.4 Å². The molecular weight excluding hydrogens is 244 g/mol. The summed E-state index contributed by atoms with van der Waals surface area (Å²) in [4.78, 5) is 23.6. The number of H-pyrrole nitrogens is 1. The predicted octanol–water partition coefficient (Wildman–Crippen LogP) is 0.813. The average molecular weight is 256 g/mol. The molecule has 0 bridgehead atoms. The van der Waals surface area contributed by atoms with Crippen LogP contribution in [-0.2, 0) is 0 Å². The Morgan fingerprint density at radius 3 is 2.84 bits per heavy atom. The Labute approximate surface area is 109 Å². The van der Waals surface area contributed by atoms with Crippen molar-refractivity contribution in [3.63, 3.8) is 0 Å². The van der Waals surface area contributed by atoms with Crippen LogP contribution in [0.2, 0.25) is 0 Å². The van der Waals surface area contributed by atoms with Gasteiger partial charge in [0, 0.05) is 11.9 Å². The number of aromatic nitrogens is 2. The maximum Gasteiger partial charge on any atom is 0.272 e. The van der Waals surface area contributed by atoms with Gasteiger partial charge in [0.2, 0.25) is 0 Å². The van der Waals surface area contributed by atoms with Crippen LogP contribution in [0.4, 0.5) is 0 Å². The van der Waals surface area contributed by atoms with Crippen LogP contribution in [0, 0.1) is 17.2 Å². The van der Waals surface area contributed by atoms with E-state index in [0.717, 1.165) is 0 Å². The van der Waals surface area contributed by atoms with Gasteiger partial charge in [0.25, 0.3) is 11.5 Å². The molecule has 2 aromatic rings. The lowest BCUT2D eigenvalue weighted by molar-refractivity contribution is 0.0946. The third-order valence-corrected chi connectivity index (χ3v) is 2.70. The van der Waals surface area contributed by atoms with E-state index in [1.165, 1.54) is 0 Å². The molecule has 1 aromatic carbocycles. The van der Waals surface area contributed by atoms with Crippen molar-refractivity contribution in [3.05, 3.63) is 40.3 Å². The van der Waals surface area contributed by atoms with Gasteiger partial charge in [0.1, 0.15) is 0 Å². The maximum atomic E-state index is 12.0. The lowest BCUT2D eigenvalue weighted by Crippen LogP contribution is -2.29. The van der Waals surface area contributed by atoms with E-state index in [0.29, 0.717) is 10.8 Å². The fourth-order valence-electron chi connectivity index (χ4n) is 1.66. The monoisotopic (exact) mass is 256 g/mol. The summed E-state index contributed by atoms with van der Waals surface area (Å²) in [6.07, 6.45) is 0.